The van der Waals surface area contributed by atoms with Crippen molar-refractivity contribution in [3.63, 3.8) is 0 Å². The highest BCUT2D eigenvalue weighted by Crippen LogP contribution is 2.37. The number of ether oxygens (including phenoxy) is 1. The van der Waals surface area contributed by atoms with E-state index in [1.807, 2.05) is 0 Å². The predicted octanol–water partition coefficient (Wildman–Crippen LogP) is 3.49. The summed E-state index contributed by atoms with van der Waals surface area (Å²) in [5, 5.41) is 20.0. The van der Waals surface area contributed by atoms with Crippen LogP contribution in [-0.4, -0.2) is 31.6 Å². The van der Waals surface area contributed by atoms with Crippen LogP contribution in [0, 0.1) is 10.1 Å². The Morgan fingerprint density at radius 1 is 1.32 bits per heavy atom. The molecule has 22 heavy (non-hydrogen) atoms. The summed E-state index contributed by atoms with van der Waals surface area (Å²) in [6, 6.07) is 4.56. The van der Waals surface area contributed by atoms with E-state index in [1.54, 1.807) is 6.07 Å². The van der Waals surface area contributed by atoms with Gasteiger partial charge in [0.1, 0.15) is 12.4 Å². The van der Waals surface area contributed by atoms with Crippen LogP contribution in [0.15, 0.2) is 18.2 Å². The van der Waals surface area contributed by atoms with Gasteiger partial charge >= 0.3 is 0 Å². The van der Waals surface area contributed by atoms with Gasteiger partial charge in [-0.3, -0.25) is 10.1 Å². The molecule has 0 saturated heterocycles. The molecule has 124 valence electrons. The smallest absolute Gasteiger partial charge is 0.275 e. The summed E-state index contributed by atoms with van der Waals surface area (Å²) in [6.45, 7) is 10.8. The van der Waals surface area contributed by atoms with Crippen molar-refractivity contribution in [2.45, 2.75) is 45.5 Å². The van der Waals surface area contributed by atoms with E-state index in [1.165, 1.54) is 12.1 Å². The predicted molar refractivity (Wildman–Crippen MR) is 87.7 cm³/mol. The van der Waals surface area contributed by atoms with Crippen molar-refractivity contribution in [2.24, 2.45) is 0 Å². The average molecular weight is 327 g/mol. The second-order valence-corrected chi connectivity index (χ2v) is 11.5. The average Bonchev–Trinajstić information content (AvgIpc) is 2.41. The summed E-state index contributed by atoms with van der Waals surface area (Å²) in [6.07, 6.45) is 0. The number of aliphatic hydroxyl groups is 1. The number of hydrogen-bond acceptors (Lipinski definition) is 5. The molecular weight excluding hydrogens is 302 g/mol. The molecular formula is C15H25NO5Si. The first kappa shape index (κ1) is 18.6. The van der Waals surface area contributed by atoms with E-state index in [4.69, 9.17) is 14.3 Å². The quantitative estimate of drug-likeness (QED) is 0.471. The Balaban J connectivity index is 2.97. The lowest BCUT2D eigenvalue weighted by Gasteiger charge is -2.36. The number of rotatable bonds is 7. The molecule has 0 amide bonds. The van der Waals surface area contributed by atoms with E-state index in [0.717, 1.165) is 0 Å². The molecule has 1 aromatic rings. The minimum Gasteiger partial charge on any atom is -0.491 e. The van der Waals surface area contributed by atoms with Gasteiger partial charge in [-0.2, -0.15) is 0 Å². The number of hydrogen-bond donors (Lipinski definition) is 1. The van der Waals surface area contributed by atoms with Gasteiger partial charge < -0.3 is 14.3 Å². The van der Waals surface area contributed by atoms with E-state index < -0.39 is 13.2 Å². The molecule has 1 rings (SSSR count). The lowest BCUT2D eigenvalue weighted by Crippen LogP contribution is -2.40. The Kier molecular flexibility index (Phi) is 6.10. The maximum atomic E-state index is 11.1. The van der Waals surface area contributed by atoms with Crippen LogP contribution in [0.5, 0.6) is 5.75 Å². The van der Waals surface area contributed by atoms with Crippen LogP contribution in [0.3, 0.4) is 0 Å². The van der Waals surface area contributed by atoms with Gasteiger partial charge in [0.15, 0.2) is 8.32 Å². The Hall–Kier alpha value is -1.44. The van der Waals surface area contributed by atoms with Crippen molar-refractivity contribution in [3.8, 4) is 5.75 Å². The normalized spacial score (nSPS) is 12.3. The summed E-state index contributed by atoms with van der Waals surface area (Å²) >= 11 is 0. The van der Waals surface area contributed by atoms with Crippen molar-refractivity contribution >= 4 is 14.0 Å². The van der Waals surface area contributed by atoms with Crippen molar-refractivity contribution in [3.05, 3.63) is 33.9 Å². The third-order valence-corrected chi connectivity index (χ3v) is 8.48. The van der Waals surface area contributed by atoms with Gasteiger partial charge in [-0.25, -0.2) is 0 Å². The second-order valence-electron chi connectivity index (χ2n) is 6.67. The molecule has 0 aromatic heterocycles. The summed E-state index contributed by atoms with van der Waals surface area (Å²) in [5.74, 6) is 0.494. The van der Waals surface area contributed by atoms with E-state index in [0.29, 0.717) is 11.3 Å². The maximum Gasteiger partial charge on any atom is 0.275 e. The molecule has 0 aliphatic rings. The van der Waals surface area contributed by atoms with Crippen molar-refractivity contribution in [1.29, 1.82) is 0 Å². The Morgan fingerprint density at radius 3 is 2.45 bits per heavy atom. The van der Waals surface area contributed by atoms with Gasteiger partial charge in [-0.05, 0) is 30.3 Å². The molecule has 0 saturated carbocycles. The minimum absolute atomic E-state index is 0.0232. The molecule has 0 spiro atoms. The summed E-state index contributed by atoms with van der Waals surface area (Å²) in [5.41, 5.74) is 0.514. The largest absolute Gasteiger partial charge is 0.491 e. The zero-order valence-electron chi connectivity index (χ0n) is 13.9. The first-order valence-corrected chi connectivity index (χ1v) is 10.1. The van der Waals surface area contributed by atoms with Crippen LogP contribution in [0.4, 0.5) is 5.69 Å². The van der Waals surface area contributed by atoms with E-state index in [-0.39, 0.29) is 30.5 Å². The zero-order chi connectivity index (χ0) is 17.0. The summed E-state index contributed by atoms with van der Waals surface area (Å²) < 4.78 is 11.4. The topological polar surface area (TPSA) is 81.8 Å². The zero-order valence-corrected chi connectivity index (χ0v) is 14.9. The van der Waals surface area contributed by atoms with Gasteiger partial charge in [0, 0.05) is 6.07 Å². The highest BCUT2D eigenvalue weighted by molar-refractivity contribution is 6.74. The molecule has 0 fully saturated rings. The number of benzene rings is 1. The van der Waals surface area contributed by atoms with Gasteiger partial charge in [-0.1, -0.05) is 20.8 Å². The fourth-order valence-electron chi connectivity index (χ4n) is 1.58. The molecule has 1 N–H and O–H groups in total. The van der Waals surface area contributed by atoms with Gasteiger partial charge in [0.25, 0.3) is 5.69 Å². The number of aliphatic hydroxyl groups excluding tert-OH is 1. The molecule has 0 atom stereocenters. The standard InChI is InChI=1S/C15H25NO5Si/c1-15(2,3)22(4,5)21-11-12-10-13(20-9-8-17)6-7-14(12)16(18)19/h6-7,10,17H,8-9,11H2,1-5H3. The van der Waals surface area contributed by atoms with E-state index in [9.17, 15) is 10.1 Å². The van der Waals surface area contributed by atoms with Crippen molar-refractivity contribution in [2.75, 3.05) is 13.2 Å². The van der Waals surface area contributed by atoms with Crippen LogP contribution in [0.1, 0.15) is 26.3 Å². The number of nitrogens with zero attached hydrogens (tertiary/aromatic N) is 1. The molecule has 0 bridgehead atoms. The van der Waals surface area contributed by atoms with Crippen molar-refractivity contribution < 1.29 is 19.2 Å². The van der Waals surface area contributed by atoms with Crippen LogP contribution < -0.4 is 4.74 Å². The van der Waals surface area contributed by atoms with Crippen LogP contribution >= 0.6 is 0 Å². The van der Waals surface area contributed by atoms with Crippen LogP contribution in [-0.2, 0) is 11.0 Å². The van der Waals surface area contributed by atoms with Crippen LogP contribution in [0.2, 0.25) is 18.1 Å². The lowest BCUT2D eigenvalue weighted by molar-refractivity contribution is -0.385. The van der Waals surface area contributed by atoms with Gasteiger partial charge in [-0.15, -0.1) is 0 Å². The molecule has 0 unspecified atom stereocenters. The fraction of sp³-hybridized carbons (Fsp3) is 0.600. The SMILES string of the molecule is CC(C)(C)[Si](C)(C)OCc1cc(OCCO)ccc1[N+](=O)[O-]. The maximum absolute atomic E-state index is 11.1. The molecule has 0 aliphatic carbocycles. The summed E-state index contributed by atoms with van der Waals surface area (Å²) in [7, 11) is -1.99. The highest BCUT2D eigenvalue weighted by Gasteiger charge is 2.37. The fourth-order valence-corrected chi connectivity index (χ4v) is 2.53. The van der Waals surface area contributed by atoms with Crippen molar-refractivity contribution in [1.82, 2.24) is 0 Å². The molecule has 1 aromatic carbocycles. The second kappa shape index (κ2) is 7.21. The van der Waals surface area contributed by atoms with Crippen LogP contribution in [0.25, 0.3) is 0 Å². The Bertz CT molecular complexity index is 525. The first-order valence-electron chi connectivity index (χ1n) is 7.23. The Morgan fingerprint density at radius 2 is 1.95 bits per heavy atom. The number of nitro benzene ring substituents is 1. The molecule has 0 aliphatic heterocycles. The molecule has 0 heterocycles. The monoisotopic (exact) mass is 327 g/mol. The minimum atomic E-state index is -1.99. The third-order valence-electron chi connectivity index (χ3n) is 4.00. The third kappa shape index (κ3) is 4.79. The van der Waals surface area contributed by atoms with Gasteiger partial charge in [0.05, 0.1) is 23.7 Å². The summed E-state index contributed by atoms with van der Waals surface area (Å²) in [4.78, 5) is 10.7. The Labute approximate surface area is 132 Å². The highest BCUT2D eigenvalue weighted by atomic mass is 28.4. The molecule has 0 radical (unpaired) electrons. The van der Waals surface area contributed by atoms with E-state index in [2.05, 4.69) is 33.9 Å². The van der Waals surface area contributed by atoms with E-state index >= 15 is 0 Å². The lowest BCUT2D eigenvalue weighted by atomic mass is 10.2. The molecule has 7 heteroatoms. The number of nitro groups is 1. The van der Waals surface area contributed by atoms with Gasteiger partial charge in [0.2, 0.25) is 0 Å². The first-order chi connectivity index (χ1) is 10.1. The molecule has 6 nitrogen and oxygen atoms in total.